The predicted molar refractivity (Wildman–Crippen MR) is 74.7 cm³/mol. The molecule has 0 aliphatic heterocycles. The highest BCUT2D eigenvalue weighted by molar-refractivity contribution is 5.29. The topological polar surface area (TPSA) is 47.3 Å². The van der Waals surface area contributed by atoms with E-state index in [2.05, 4.69) is 29.6 Å². The number of hydrogen-bond donors (Lipinski definition) is 2. The molecule has 1 aliphatic rings. The zero-order valence-electron chi connectivity index (χ0n) is 10.9. The molecule has 3 heteroatoms. The zero-order valence-corrected chi connectivity index (χ0v) is 10.9. The smallest absolute Gasteiger partial charge is 0.119 e. The van der Waals surface area contributed by atoms with Crippen LogP contribution in [0.15, 0.2) is 36.4 Å². The standard InChI is InChI=1S/C15H22N2O/c1-2-18-14-9-7-12(8-10-14)15(11-16)17-13-5-3-4-6-13/h3-4,7-10,13,15,17H,2,5-6,11,16H2,1H3. The zero-order chi connectivity index (χ0) is 12.8. The summed E-state index contributed by atoms with van der Waals surface area (Å²) in [6, 6.07) is 8.97. The second-order valence-corrected chi connectivity index (χ2v) is 4.60. The van der Waals surface area contributed by atoms with Gasteiger partial charge in [-0.25, -0.2) is 0 Å². The highest BCUT2D eigenvalue weighted by atomic mass is 16.5. The van der Waals surface area contributed by atoms with Crippen molar-refractivity contribution in [2.45, 2.75) is 31.8 Å². The van der Waals surface area contributed by atoms with Crippen molar-refractivity contribution in [2.75, 3.05) is 13.2 Å². The van der Waals surface area contributed by atoms with Crippen LogP contribution in [0.25, 0.3) is 0 Å². The number of benzene rings is 1. The highest BCUT2D eigenvalue weighted by Crippen LogP contribution is 2.20. The van der Waals surface area contributed by atoms with Gasteiger partial charge in [0.15, 0.2) is 0 Å². The largest absolute Gasteiger partial charge is 0.494 e. The molecule has 1 aromatic carbocycles. The maximum absolute atomic E-state index is 5.87. The summed E-state index contributed by atoms with van der Waals surface area (Å²) in [5, 5.41) is 3.61. The lowest BCUT2D eigenvalue weighted by Crippen LogP contribution is -2.35. The third-order valence-corrected chi connectivity index (χ3v) is 3.27. The minimum absolute atomic E-state index is 0.227. The van der Waals surface area contributed by atoms with E-state index >= 15 is 0 Å². The number of ether oxygens (including phenoxy) is 1. The molecule has 18 heavy (non-hydrogen) atoms. The summed E-state index contributed by atoms with van der Waals surface area (Å²) < 4.78 is 5.45. The summed E-state index contributed by atoms with van der Waals surface area (Å²) in [5.74, 6) is 0.916. The molecule has 0 saturated carbocycles. The van der Waals surface area contributed by atoms with Gasteiger partial charge in [-0.3, -0.25) is 0 Å². The lowest BCUT2D eigenvalue weighted by atomic mass is 10.0. The summed E-state index contributed by atoms with van der Waals surface area (Å²) in [4.78, 5) is 0. The molecule has 0 heterocycles. The first-order chi connectivity index (χ1) is 8.83. The first kappa shape index (κ1) is 13.1. The highest BCUT2D eigenvalue weighted by Gasteiger charge is 2.16. The summed E-state index contributed by atoms with van der Waals surface area (Å²) in [5.41, 5.74) is 7.09. The Morgan fingerprint density at radius 1 is 1.28 bits per heavy atom. The van der Waals surface area contributed by atoms with Crippen molar-refractivity contribution >= 4 is 0 Å². The first-order valence-corrected chi connectivity index (χ1v) is 6.67. The first-order valence-electron chi connectivity index (χ1n) is 6.67. The molecule has 0 amide bonds. The van der Waals surface area contributed by atoms with Crippen LogP contribution in [0.4, 0.5) is 0 Å². The molecular formula is C15H22N2O. The molecule has 3 N–H and O–H groups in total. The fourth-order valence-corrected chi connectivity index (χ4v) is 2.30. The average Bonchev–Trinajstić information content (AvgIpc) is 2.90. The van der Waals surface area contributed by atoms with Crippen LogP contribution < -0.4 is 15.8 Å². The van der Waals surface area contributed by atoms with Crippen LogP contribution in [0.1, 0.15) is 31.4 Å². The molecule has 1 unspecified atom stereocenters. The van der Waals surface area contributed by atoms with Crippen LogP contribution in [0.5, 0.6) is 5.75 Å². The van der Waals surface area contributed by atoms with E-state index in [1.165, 1.54) is 5.56 Å². The van der Waals surface area contributed by atoms with Gasteiger partial charge in [0.25, 0.3) is 0 Å². The van der Waals surface area contributed by atoms with Gasteiger partial charge in [0.2, 0.25) is 0 Å². The van der Waals surface area contributed by atoms with Gasteiger partial charge in [-0.05, 0) is 37.5 Å². The van der Waals surface area contributed by atoms with E-state index in [0.717, 1.165) is 18.6 Å². The summed E-state index contributed by atoms with van der Waals surface area (Å²) in [6.45, 7) is 3.31. The minimum atomic E-state index is 0.227. The quantitative estimate of drug-likeness (QED) is 0.758. The molecule has 1 atom stereocenters. The molecule has 0 fully saturated rings. The number of rotatable bonds is 6. The molecule has 0 radical (unpaired) electrons. The number of nitrogens with one attached hydrogen (secondary N) is 1. The number of nitrogens with two attached hydrogens (primary N) is 1. The third-order valence-electron chi connectivity index (χ3n) is 3.27. The average molecular weight is 246 g/mol. The van der Waals surface area contributed by atoms with E-state index < -0.39 is 0 Å². The molecule has 3 nitrogen and oxygen atoms in total. The van der Waals surface area contributed by atoms with E-state index in [-0.39, 0.29) is 6.04 Å². The third kappa shape index (κ3) is 3.34. The van der Waals surface area contributed by atoms with Crippen molar-refractivity contribution in [3.8, 4) is 5.75 Å². The fraction of sp³-hybridized carbons (Fsp3) is 0.467. The van der Waals surface area contributed by atoms with Gasteiger partial charge < -0.3 is 15.8 Å². The van der Waals surface area contributed by atoms with E-state index in [0.29, 0.717) is 19.2 Å². The van der Waals surface area contributed by atoms with Gasteiger partial charge in [-0.15, -0.1) is 0 Å². The SMILES string of the molecule is CCOc1ccc(C(CN)NC2CC=CC2)cc1. The lowest BCUT2D eigenvalue weighted by molar-refractivity contribution is 0.340. The van der Waals surface area contributed by atoms with Crippen molar-refractivity contribution in [3.05, 3.63) is 42.0 Å². The molecule has 2 rings (SSSR count). The Bertz CT molecular complexity index is 378. The number of hydrogen-bond acceptors (Lipinski definition) is 3. The second kappa shape index (κ2) is 6.57. The Morgan fingerprint density at radius 3 is 2.50 bits per heavy atom. The normalized spacial score (nSPS) is 17.0. The van der Waals surface area contributed by atoms with E-state index in [4.69, 9.17) is 10.5 Å². The summed E-state index contributed by atoms with van der Waals surface area (Å²) >= 11 is 0. The molecule has 0 saturated heterocycles. The van der Waals surface area contributed by atoms with Crippen molar-refractivity contribution in [3.63, 3.8) is 0 Å². The van der Waals surface area contributed by atoms with Gasteiger partial charge in [-0.2, -0.15) is 0 Å². The van der Waals surface area contributed by atoms with E-state index in [9.17, 15) is 0 Å². The van der Waals surface area contributed by atoms with Crippen LogP contribution in [0, 0.1) is 0 Å². The maximum Gasteiger partial charge on any atom is 0.119 e. The van der Waals surface area contributed by atoms with Crippen LogP contribution in [-0.4, -0.2) is 19.2 Å². The monoisotopic (exact) mass is 246 g/mol. The Balaban J connectivity index is 1.97. The van der Waals surface area contributed by atoms with E-state index in [1.54, 1.807) is 0 Å². The van der Waals surface area contributed by atoms with Crippen LogP contribution in [0.3, 0.4) is 0 Å². The Labute approximate surface area is 109 Å². The van der Waals surface area contributed by atoms with Crippen LogP contribution in [0.2, 0.25) is 0 Å². The van der Waals surface area contributed by atoms with E-state index in [1.807, 2.05) is 19.1 Å². The summed E-state index contributed by atoms with van der Waals surface area (Å²) in [6.07, 6.45) is 6.66. The molecule has 98 valence electrons. The molecule has 1 aromatic rings. The maximum atomic E-state index is 5.87. The molecular weight excluding hydrogens is 224 g/mol. The van der Waals surface area contributed by atoms with Crippen molar-refractivity contribution in [2.24, 2.45) is 5.73 Å². The fourth-order valence-electron chi connectivity index (χ4n) is 2.30. The van der Waals surface area contributed by atoms with Gasteiger partial charge >= 0.3 is 0 Å². The Hall–Kier alpha value is -1.32. The van der Waals surface area contributed by atoms with Gasteiger partial charge in [-0.1, -0.05) is 24.3 Å². The Kier molecular flexibility index (Phi) is 4.79. The molecule has 0 bridgehead atoms. The molecule has 1 aliphatic carbocycles. The Morgan fingerprint density at radius 2 is 1.94 bits per heavy atom. The second-order valence-electron chi connectivity index (χ2n) is 4.60. The molecule has 0 spiro atoms. The van der Waals surface area contributed by atoms with Crippen molar-refractivity contribution in [1.29, 1.82) is 0 Å². The minimum Gasteiger partial charge on any atom is -0.494 e. The van der Waals surface area contributed by atoms with Crippen LogP contribution in [-0.2, 0) is 0 Å². The lowest BCUT2D eigenvalue weighted by Gasteiger charge is -2.22. The van der Waals surface area contributed by atoms with Crippen LogP contribution >= 0.6 is 0 Å². The predicted octanol–water partition coefficient (Wildman–Crippen LogP) is 2.39. The van der Waals surface area contributed by atoms with Gasteiger partial charge in [0, 0.05) is 18.6 Å². The molecule has 0 aromatic heterocycles. The summed E-state index contributed by atoms with van der Waals surface area (Å²) in [7, 11) is 0. The van der Waals surface area contributed by atoms with Gasteiger partial charge in [0.05, 0.1) is 6.61 Å². The van der Waals surface area contributed by atoms with Gasteiger partial charge in [0.1, 0.15) is 5.75 Å². The van der Waals surface area contributed by atoms with Crippen molar-refractivity contribution in [1.82, 2.24) is 5.32 Å². The van der Waals surface area contributed by atoms with Crippen molar-refractivity contribution < 1.29 is 4.74 Å².